The van der Waals surface area contributed by atoms with Crippen molar-refractivity contribution < 1.29 is 4.79 Å². The SMILES string of the molecule is CCCc1ccc(C2CN(CCC#N)C(=O)N2)cc1. The van der Waals surface area contributed by atoms with Crippen molar-refractivity contribution in [2.45, 2.75) is 32.2 Å². The summed E-state index contributed by atoms with van der Waals surface area (Å²) in [7, 11) is 0. The highest BCUT2D eigenvalue weighted by Gasteiger charge is 2.28. The molecule has 1 aromatic rings. The van der Waals surface area contributed by atoms with Crippen molar-refractivity contribution in [1.82, 2.24) is 10.2 Å². The van der Waals surface area contributed by atoms with Crippen LogP contribution in [-0.4, -0.2) is 24.0 Å². The number of nitriles is 1. The first-order valence-electron chi connectivity index (χ1n) is 6.75. The van der Waals surface area contributed by atoms with Gasteiger partial charge in [0.05, 0.1) is 18.5 Å². The lowest BCUT2D eigenvalue weighted by molar-refractivity contribution is 0.218. The fourth-order valence-electron chi connectivity index (χ4n) is 2.36. The molecule has 1 aromatic carbocycles. The average molecular weight is 257 g/mol. The Morgan fingerprint density at radius 2 is 2.16 bits per heavy atom. The normalized spacial score (nSPS) is 18.2. The number of hydrogen-bond donors (Lipinski definition) is 1. The molecular weight excluding hydrogens is 238 g/mol. The number of hydrogen-bond acceptors (Lipinski definition) is 2. The van der Waals surface area contributed by atoms with Gasteiger partial charge < -0.3 is 10.2 Å². The Balaban J connectivity index is 1.99. The molecule has 1 heterocycles. The van der Waals surface area contributed by atoms with E-state index in [0.717, 1.165) is 18.4 Å². The van der Waals surface area contributed by atoms with Crippen molar-refractivity contribution in [1.29, 1.82) is 5.26 Å². The van der Waals surface area contributed by atoms with Gasteiger partial charge in [-0.1, -0.05) is 37.6 Å². The monoisotopic (exact) mass is 257 g/mol. The molecule has 1 N–H and O–H groups in total. The second-order valence-electron chi connectivity index (χ2n) is 4.85. The number of nitrogens with one attached hydrogen (secondary N) is 1. The topological polar surface area (TPSA) is 56.1 Å². The summed E-state index contributed by atoms with van der Waals surface area (Å²) in [4.78, 5) is 13.4. The minimum atomic E-state index is -0.0714. The molecule has 0 aromatic heterocycles. The molecule has 1 aliphatic rings. The maximum absolute atomic E-state index is 11.7. The fourth-order valence-corrected chi connectivity index (χ4v) is 2.36. The van der Waals surface area contributed by atoms with Crippen LogP contribution in [0.25, 0.3) is 0 Å². The van der Waals surface area contributed by atoms with Gasteiger partial charge in [0.25, 0.3) is 0 Å². The van der Waals surface area contributed by atoms with E-state index < -0.39 is 0 Å². The maximum atomic E-state index is 11.7. The van der Waals surface area contributed by atoms with Gasteiger partial charge in [0.15, 0.2) is 0 Å². The van der Waals surface area contributed by atoms with Gasteiger partial charge in [-0.3, -0.25) is 0 Å². The van der Waals surface area contributed by atoms with Crippen LogP contribution in [0.1, 0.15) is 36.9 Å². The van der Waals surface area contributed by atoms with E-state index in [9.17, 15) is 4.79 Å². The number of amides is 2. The van der Waals surface area contributed by atoms with Gasteiger partial charge in [-0.25, -0.2) is 4.79 Å². The highest BCUT2D eigenvalue weighted by atomic mass is 16.2. The molecule has 100 valence electrons. The van der Waals surface area contributed by atoms with Crippen LogP contribution in [0.5, 0.6) is 0 Å². The van der Waals surface area contributed by atoms with Gasteiger partial charge in [0, 0.05) is 13.1 Å². The molecule has 1 unspecified atom stereocenters. The predicted molar refractivity (Wildman–Crippen MR) is 73.5 cm³/mol. The summed E-state index contributed by atoms with van der Waals surface area (Å²) in [6.07, 6.45) is 2.61. The van der Waals surface area contributed by atoms with Gasteiger partial charge in [-0.2, -0.15) is 5.26 Å². The number of nitrogens with zero attached hydrogens (tertiary/aromatic N) is 2. The summed E-state index contributed by atoms with van der Waals surface area (Å²) < 4.78 is 0. The van der Waals surface area contributed by atoms with Gasteiger partial charge in [-0.05, 0) is 17.5 Å². The van der Waals surface area contributed by atoms with Crippen molar-refractivity contribution in [3.8, 4) is 6.07 Å². The number of benzene rings is 1. The Hall–Kier alpha value is -2.02. The lowest BCUT2D eigenvalue weighted by Gasteiger charge is -2.12. The van der Waals surface area contributed by atoms with Crippen LogP contribution in [-0.2, 0) is 6.42 Å². The molecular formula is C15H19N3O. The third-order valence-corrected chi connectivity index (χ3v) is 3.40. The Morgan fingerprint density at radius 1 is 1.42 bits per heavy atom. The first-order valence-corrected chi connectivity index (χ1v) is 6.75. The van der Waals surface area contributed by atoms with Crippen molar-refractivity contribution in [3.05, 3.63) is 35.4 Å². The molecule has 1 fully saturated rings. The molecule has 2 rings (SSSR count). The molecule has 1 saturated heterocycles. The van der Waals surface area contributed by atoms with Crippen LogP contribution >= 0.6 is 0 Å². The second kappa shape index (κ2) is 6.24. The van der Waals surface area contributed by atoms with E-state index in [4.69, 9.17) is 5.26 Å². The third kappa shape index (κ3) is 3.25. The van der Waals surface area contributed by atoms with Gasteiger partial charge in [0.2, 0.25) is 0 Å². The maximum Gasteiger partial charge on any atom is 0.318 e. The fraction of sp³-hybridized carbons (Fsp3) is 0.467. The zero-order chi connectivity index (χ0) is 13.7. The molecule has 0 spiro atoms. The Kier molecular flexibility index (Phi) is 4.40. The van der Waals surface area contributed by atoms with E-state index >= 15 is 0 Å². The quantitative estimate of drug-likeness (QED) is 0.881. The average Bonchev–Trinajstić information content (AvgIpc) is 2.79. The molecule has 2 amide bonds. The summed E-state index contributed by atoms with van der Waals surface area (Å²) >= 11 is 0. The molecule has 0 radical (unpaired) electrons. The molecule has 4 heteroatoms. The zero-order valence-corrected chi connectivity index (χ0v) is 11.2. The van der Waals surface area contributed by atoms with E-state index in [1.807, 2.05) is 0 Å². The highest BCUT2D eigenvalue weighted by Crippen LogP contribution is 2.21. The second-order valence-corrected chi connectivity index (χ2v) is 4.85. The Labute approximate surface area is 114 Å². The first-order chi connectivity index (χ1) is 9.24. The molecule has 0 saturated carbocycles. The predicted octanol–water partition coefficient (Wildman–Crippen LogP) is 2.62. The summed E-state index contributed by atoms with van der Waals surface area (Å²) in [5, 5.41) is 11.5. The van der Waals surface area contributed by atoms with Crippen LogP contribution in [0, 0.1) is 11.3 Å². The Morgan fingerprint density at radius 3 is 2.79 bits per heavy atom. The summed E-state index contributed by atoms with van der Waals surface area (Å²) in [5.41, 5.74) is 2.46. The molecule has 0 bridgehead atoms. The standard InChI is InChI=1S/C15H19N3O/c1-2-4-12-5-7-13(8-6-12)14-11-18(10-3-9-16)15(19)17-14/h5-8,14H,2-4,10-11H2,1H3,(H,17,19). The first kappa shape index (κ1) is 13.4. The molecule has 19 heavy (non-hydrogen) atoms. The van der Waals surface area contributed by atoms with Crippen LogP contribution < -0.4 is 5.32 Å². The largest absolute Gasteiger partial charge is 0.329 e. The number of urea groups is 1. The van der Waals surface area contributed by atoms with Gasteiger partial charge in [-0.15, -0.1) is 0 Å². The van der Waals surface area contributed by atoms with Gasteiger partial charge in [0.1, 0.15) is 0 Å². The molecule has 1 aliphatic heterocycles. The summed E-state index contributed by atoms with van der Waals surface area (Å²) in [6.45, 7) is 3.32. The van der Waals surface area contributed by atoms with E-state index in [2.05, 4.69) is 42.6 Å². The smallest absolute Gasteiger partial charge is 0.318 e. The van der Waals surface area contributed by atoms with E-state index in [1.54, 1.807) is 4.90 Å². The summed E-state index contributed by atoms with van der Waals surface area (Å²) in [5.74, 6) is 0. The Bertz CT molecular complexity index is 475. The zero-order valence-electron chi connectivity index (χ0n) is 11.2. The van der Waals surface area contributed by atoms with Gasteiger partial charge >= 0.3 is 6.03 Å². The van der Waals surface area contributed by atoms with Crippen LogP contribution in [0.4, 0.5) is 4.79 Å². The lowest BCUT2D eigenvalue weighted by atomic mass is 10.0. The third-order valence-electron chi connectivity index (χ3n) is 3.40. The number of aryl methyl sites for hydroxylation is 1. The van der Waals surface area contributed by atoms with E-state index in [0.29, 0.717) is 19.5 Å². The van der Waals surface area contributed by atoms with Crippen LogP contribution in [0.3, 0.4) is 0 Å². The van der Waals surface area contributed by atoms with Crippen LogP contribution in [0.2, 0.25) is 0 Å². The number of rotatable bonds is 5. The number of carbonyl (C=O) groups is 1. The van der Waals surface area contributed by atoms with E-state index in [1.165, 1.54) is 5.56 Å². The van der Waals surface area contributed by atoms with Crippen molar-refractivity contribution in [2.24, 2.45) is 0 Å². The minimum absolute atomic E-state index is 0.0434. The summed E-state index contributed by atoms with van der Waals surface area (Å²) in [6, 6.07) is 10.5. The van der Waals surface area contributed by atoms with Crippen molar-refractivity contribution >= 4 is 6.03 Å². The van der Waals surface area contributed by atoms with E-state index in [-0.39, 0.29) is 12.1 Å². The lowest BCUT2D eigenvalue weighted by Crippen LogP contribution is -2.28. The van der Waals surface area contributed by atoms with Crippen molar-refractivity contribution in [2.75, 3.05) is 13.1 Å². The highest BCUT2D eigenvalue weighted by molar-refractivity contribution is 5.77. The number of carbonyl (C=O) groups excluding carboxylic acids is 1. The molecule has 4 nitrogen and oxygen atoms in total. The van der Waals surface area contributed by atoms with Crippen molar-refractivity contribution in [3.63, 3.8) is 0 Å². The molecule has 0 aliphatic carbocycles. The van der Waals surface area contributed by atoms with Crippen LogP contribution in [0.15, 0.2) is 24.3 Å². The molecule has 1 atom stereocenters. The minimum Gasteiger partial charge on any atom is -0.329 e.